The molecule has 4 heteroatoms. The van der Waals surface area contributed by atoms with Crippen molar-refractivity contribution >= 4 is 14.3 Å². The Balaban J connectivity index is 2.81. The van der Waals surface area contributed by atoms with Gasteiger partial charge in [-0.15, -0.1) is 6.58 Å². The SMILES string of the molecule is C=C[C@H](C(=O)OCC)[C@@H](CCc1ccccc1)O[Si](C)(C)C. The van der Waals surface area contributed by atoms with Crippen molar-refractivity contribution in [2.75, 3.05) is 6.61 Å². The maximum atomic E-state index is 12.2. The molecular weight excluding hydrogens is 292 g/mol. The van der Waals surface area contributed by atoms with E-state index in [1.165, 1.54) is 5.56 Å². The molecule has 0 aliphatic carbocycles. The van der Waals surface area contributed by atoms with Crippen LogP contribution < -0.4 is 0 Å². The van der Waals surface area contributed by atoms with Gasteiger partial charge in [0.2, 0.25) is 0 Å². The maximum absolute atomic E-state index is 12.2. The van der Waals surface area contributed by atoms with Crippen LogP contribution in [0.2, 0.25) is 19.6 Å². The van der Waals surface area contributed by atoms with E-state index in [1.807, 2.05) is 25.1 Å². The maximum Gasteiger partial charge on any atom is 0.315 e. The van der Waals surface area contributed by atoms with Crippen LogP contribution in [0.25, 0.3) is 0 Å². The third kappa shape index (κ3) is 6.58. The lowest BCUT2D eigenvalue weighted by Crippen LogP contribution is -2.39. The van der Waals surface area contributed by atoms with Gasteiger partial charge in [-0.1, -0.05) is 36.4 Å². The molecule has 0 radical (unpaired) electrons. The van der Waals surface area contributed by atoms with Gasteiger partial charge < -0.3 is 9.16 Å². The summed E-state index contributed by atoms with van der Waals surface area (Å²) in [4.78, 5) is 12.2. The highest BCUT2D eigenvalue weighted by Crippen LogP contribution is 2.22. The molecule has 0 aliphatic rings. The fourth-order valence-electron chi connectivity index (χ4n) is 2.36. The Morgan fingerprint density at radius 1 is 1.27 bits per heavy atom. The number of hydrogen-bond donors (Lipinski definition) is 0. The molecule has 122 valence electrons. The van der Waals surface area contributed by atoms with Crippen molar-refractivity contribution < 1.29 is 14.0 Å². The van der Waals surface area contributed by atoms with E-state index in [2.05, 4.69) is 38.4 Å². The second-order valence-electron chi connectivity index (χ2n) is 6.31. The first-order valence-electron chi connectivity index (χ1n) is 7.88. The molecular formula is C18H28O3Si. The molecule has 0 unspecified atom stereocenters. The summed E-state index contributed by atoms with van der Waals surface area (Å²) < 4.78 is 11.4. The second kappa shape index (κ2) is 8.91. The minimum absolute atomic E-state index is 0.177. The monoisotopic (exact) mass is 320 g/mol. The largest absolute Gasteiger partial charge is 0.465 e. The van der Waals surface area contributed by atoms with Crippen LogP contribution in [0.15, 0.2) is 43.0 Å². The normalized spacial score (nSPS) is 14.2. The highest BCUT2D eigenvalue weighted by Gasteiger charge is 2.31. The molecule has 0 amide bonds. The van der Waals surface area contributed by atoms with Crippen LogP contribution in [0.4, 0.5) is 0 Å². The van der Waals surface area contributed by atoms with E-state index in [0.29, 0.717) is 6.61 Å². The van der Waals surface area contributed by atoms with E-state index in [4.69, 9.17) is 9.16 Å². The van der Waals surface area contributed by atoms with Crippen LogP contribution >= 0.6 is 0 Å². The molecule has 0 heterocycles. The highest BCUT2D eigenvalue weighted by atomic mass is 28.4. The summed E-state index contributed by atoms with van der Waals surface area (Å²) in [5, 5.41) is 0. The number of ether oxygens (including phenoxy) is 1. The Morgan fingerprint density at radius 2 is 1.91 bits per heavy atom. The fraction of sp³-hybridized carbons (Fsp3) is 0.500. The zero-order valence-corrected chi connectivity index (χ0v) is 15.2. The van der Waals surface area contributed by atoms with Crippen molar-refractivity contribution in [1.82, 2.24) is 0 Å². The average Bonchev–Trinajstić information content (AvgIpc) is 2.45. The van der Waals surface area contributed by atoms with Crippen LogP contribution in [0.5, 0.6) is 0 Å². The molecule has 1 aromatic carbocycles. The third-order valence-electron chi connectivity index (χ3n) is 3.28. The van der Waals surface area contributed by atoms with Crippen LogP contribution in [-0.2, 0) is 20.4 Å². The van der Waals surface area contributed by atoms with E-state index < -0.39 is 14.2 Å². The summed E-state index contributed by atoms with van der Waals surface area (Å²) >= 11 is 0. The third-order valence-corrected chi connectivity index (χ3v) is 4.29. The Kier molecular flexibility index (Phi) is 7.55. The topological polar surface area (TPSA) is 35.5 Å². The number of benzene rings is 1. The summed E-state index contributed by atoms with van der Waals surface area (Å²) in [6.45, 7) is 12.4. The summed E-state index contributed by atoms with van der Waals surface area (Å²) in [6.07, 6.45) is 3.14. The smallest absolute Gasteiger partial charge is 0.315 e. The average molecular weight is 321 g/mol. The second-order valence-corrected chi connectivity index (χ2v) is 10.8. The molecule has 0 aromatic heterocycles. The number of rotatable bonds is 9. The minimum Gasteiger partial charge on any atom is -0.465 e. The van der Waals surface area contributed by atoms with E-state index in [0.717, 1.165) is 12.8 Å². The van der Waals surface area contributed by atoms with Gasteiger partial charge in [-0.3, -0.25) is 4.79 Å². The first-order valence-corrected chi connectivity index (χ1v) is 11.3. The Labute approximate surface area is 135 Å². The lowest BCUT2D eigenvalue weighted by Gasteiger charge is -2.30. The molecule has 0 fully saturated rings. The van der Waals surface area contributed by atoms with Gasteiger partial charge >= 0.3 is 5.97 Å². The van der Waals surface area contributed by atoms with Crippen LogP contribution in [0.3, 0.4) is 0 Å². The van der Waals surface area contributed by atoms with Gasteiger partial charge in [-0.25, -0.2) is 0 Å². The predicted molar refractivity (Wildman–Crippen MR) is 93.3 cm³/mol. The first-order chi connectivity index (χ1) is 10.4. The van der Waals surface area contributed by atoms with Gasteiger partial charge in [0.25, 0.3) is 0 Å². The molecule has 0 N–H and O–H groups in total. The zero-order chi connectivity index (χ0) is 16.6. The number of carbonyl (C=O) groups excluding carboxylic acids is 1. The molecule has 2 atom stereocenters. The standard InChI is InChI=1S/C18H28O3Si/c1-6-16(18(19)20-7-2)17(21-22(3,4)5)14-13-15-11-9-8-10-12-15/h6,8-12,16-17H,1,7,13-14H2,2-5H3/t16-,17+/m0/s1. The number of carbonyl (C=O) groups is 1. The van der Waals surface area contributed by atoms with E-state index in [1.54, 1.807) is 6.08 Å². The Morgan fingerprint density at radius 3 is 2.41 bits per heavy atom. The molecule has 0 saturated heterocycles. The Hall–Kier alpha value is -1.39. The Bertz CT molecular complexity index is 465. The van der Waals surface area contributed by atoms with Crippen molar-refractivity contribution in [3.63, 3.8) is 0 Å². The predicted octanol–water partition coefficient (Wildman–Crippen LogP) is 4.20. The molecule has 1 rings (SSSR count). The molecule has 22 heavy (non-hydrogen) atoms. The number of aryl methyl sites for hydroxylation is 1. The fourth-order valence-corrected chi connectivity index (χ4v) is 3.53. The molecule has 0 spiro atoms. The van der Waals surface area contributed by atoms with Gasteiger partial charge in [0.1, 0.15) is 0 Å². The van der Waals surface area contributed by atoms with E-state index in [-0.39, 0.29) is 12.1 Å². The molecule has 0 aliphatic heterocycles. The van der Waals surface area contributed by atoms with Gasteiger partial charge in [0.05, 0.1) is 18.6 Å². The van der Waals surface area contributed by atoms with Crippen molar-refractivity contribution in [1.29, 1.82) is 0 Å². The highest BCUT2D eigenvalue weighted by molar-refractivity contribution is 6.69. The minimum atomic E-state index is -1.76. The quantitative estimate of drug-likeness (QED) is 0.388. The summed E-state index contributed by atoms with van der Waals surface area (Å²) in [7, 11) is -1.76. The molecule has 1 aromatic rings. The van der Waals surface area contributed by atoms with E-state index in [9.17, 15) is 4.79 Å². The van der Waals surface area contributed by atoms with Gasteiger partial charge in [-0.05, 0) is 45.0 Å². The number of hydrogen-bond acceptors (Lipinski definition) is 3. The summed E-state index contributed by atoms with van der Waals surface area (Å²) in [5.74, 6) is -0.649. The van der Waals surface area contributed by atoms with Crippen molar-refractivity contribution in [2.24, 2.45) is 5.92 Å². The van der Waals surface area contributed by atoms with Crippen molar-refractivity contribution in [3.05, 3.63) is 48.6 Å². The first kappa shape index (κ1) is 18.7. The van der Waals surface area contributed by atoms with Gasteiger partial charge in [-0.2, -0.15) is 0 Å². The van der Waals surface area contributed by atoms with Crippen molar-refractivity contribution in [3.8, 4) is 0 Å². The zero-order valence-electron chi connectivity index (χ0n) is 14.2. The van der Waals surface area contributed by atoms with Crippen LogP contribution in [0, 0.1) is 5.92 Å². The molecule has 3 nitrogen and oxygen atoms in total. The van der Waals surface area contributed by atoms with Gasteiger partial charge in [0.15, 0.2) is 8.32 Å². The summed E-state index contributed by atoms with van der Waals surface area (Å²) in [6, 6.07) is 10.3. The molecule has 0 saturated carbocycles. The summed E-state index contributed by atoms with van der Waals surface area (Å²) in [5.41, 5.74) is 1.25. The van der Waals surface area contributed by atoms with Crippen molar-refractivity contribution in [2.45, 2.75) is 45.5 Å². The van der Waals surface area contributed by atoms with Crippen LogP contribution in [0.1, 0.15) is 18.9 Å². The van der Waals surface area contributed by atoms with E-state index >= 15 is 0 Å². The lowest BCUT2D eigenvalue weighted by molar-refractivity contribution is -0.149. The number of esters is 1. The van der Waals surface area contributed by atoms with Crippen LogP contribution in [-0.4, -0.2) is 27.0 Å². The molecule has 0 bridgehead atoms. The van der Waals surface area contributed by atoms with Gasteiger partial charge in [0, 0.05) is 0 Å². The lowest BCUT2D eigenvalue weighted by atomic mass is 9.96.